The molecule has 35 heavy (non-hydrogen) atoms. The number of anilines is 1. The van der Waals surface area contributed by atoms with Crippen LogP contribution in [0, 0.1) is 13.8 Å². The Morgan fingerprint density at radius 3 is 2.54 bits per heavy atom. The predicted octanol–water partition coefficient (Wildman–Crippen LogP) is 4.48. The molecule has 1 fully saturated rings. The highest BCUT2D eigenvalue weighted by molar-refractivity contribution is 7.80. The van der Waals surface area contributed by atoms with Gasteiger partial charge in [0.25, 0.3) is 0 Å². The highest BCUT2D eigenvalue weighted by atomic mass is 32.1. The fraction of sp³-hybridized carbons (Fsp3) is 0.370. The molecule has 3 aromatic rings. The number of aryl methyl sites for hydroxylation is 1. The van der Waals surface area contributed by atoms with E-state index < -0.39 is 0 Å². The van der Waals surface area contributed by atoms with Crippen molar-refractivity contribution in [3.8, 4) is 5.69 Å². The van der Waals surface area contributed by atoms with Gasteiger partial charge in [0, 0.05) is 56.0 Å². The second-order valence-electron chi connectivity index (χ2n) is 9.07. The highest BCUT2D eigenvalue weighted by Crippen LogP contribution is 2.41. The molecular weight excluding hydrogens is 458 g/mol. The number of esters is 1. The number of pyridine rings is 1. The molecule has 184 valence electrons. The van der Waals surface area contributed by atoms with E-state index in [1.807, 2.05) is 38.5 Å². The summed E-state index contributed by atoms with van der Waals surface area (Å²) in [6, 6.07) is 16.6. The van der Waals surface area contributed by atoms with Crippen molar-refractivity contribution in [3.05, 3.63) is 77.4 Å². The average Bonchev–Trinajstić information content (AvgIpc) is 3.34. The number of benzene rings is 1. The van der Waals surface area contributed by atoms with Crippen LogP contribution in [-0.2, 0) is 9.53 Å². The Balaban J connectivity index is 1.73. The van der Waals surface area contributed by atoms with Crippen LogP contribution in [0.3, 0.4) is 0 Å². The van der Waals surface area contributed by atoms with Crippen LogP contribution in [0.15, 0.2) is 54.7 Å². The number of ether oxygens (including phenoxy) is 1. The summed E-state index contributed by atoms with van der Waals surface area (Å²) in [6.45, 7) is 4.94. The number of hydrogen-bond acceptors (Lipinski definition) is 5. The van der Waals surface area contributed by atoms with E-state index in [1.54, 1.807) is 0 Å². The van der Waals surface area contributed by atoms with Gasteiger partial charge in [0.15, 0.2) is 5.11 Å². The molecule has 0 aliphatic carbocycles. The van der Waals surface area contributed by atoms with Crippen LogP contribution < -0.4 is 10.2 Å². The zero-order valence-electron chi connectivity index (χ0n) is 21.0. The third kappa shape index (κ3) is 5.03. The van der Waals surface area contributed by atoms with Crippen LogP contribution in [0.25, 0.3) is 5.69 Å². The van der Waals surface area contributed by atoms with Crippen molar-refractivity contribution in [3.63, 3.8) is 0 Å². The van der Waals surface area contributed by atoms with Gasteiger partial charge < -0.3 is 24.4 Å². The van der Waals surface area contributed by atoms with Gasteiger partial charge in [-0.25, -0.2) is 0 Å². The van der Waals surface area contributed by atoms with Crippen molar-refractivity contribution >= 4 is 29.0 Å². The van der Waals surface area contributed by atoms with Crippen molar-refractivity contribution in [1.29, 1.82) is 0 Å². The average molecular weight is 492 g/mol. The fourth-order valence-electron chi connectivity index (χ4n) is 4.86. The molecule has 0 amide bonds. The topological polar surface area (TPSA) is 62.6 Å². The molecule has 1 aliphatic rings. The zero-order chi connectivity index (χ0) is 25.1. The number of nitrogens with zero attached hydrogens (tertiary/aromatic N) is 4. The minimum atomic E-state index is -0.208. The van der Waals surface area contributed by atoms with Crippen molar-refractivity contribution < 1.29 is 9.53 Å². The SMILES string of the molecule is COC(=O)CCCN1C(=S)N[C@H](c2ccccn2)[C@H]1c1cc(C)n(-c2ccc(N(C)C)cc2)c1C. The van der Waals surface area contributed by atoms with Gasteiger partial charge in [-0.15, -0.1) is 0 Å². The van der Waals surface area contributed by atoms with E-state index in [4.69, 9.17) is 17.0 Å². The van der Waals surface area contributed by atoms with E-state index in [1.165, 1.54) is 12.7 Å². The quantitative estimate of drug-likeness (QED) is 0.368. The molecule has 0 saturated carbocycles. The summed E-state index contributed by atoms with van der Waals surface area (Å²) in [5.74, 6) is -0.208. The van der Waals surface area contributed by atoms with Crippen molar-refractivity contribution in [2.45, 2.75) is 38.8 Å². The number of methoxy groups -OCH3 is 1. The summed E-state index contributed by atoms with van der Waals surface area (Å²) < 4.78 is 7.12. The second-order valence-corrected chi connectivity index (χ2v) is 9.46. The van der Waals surface area contributed by atoms with Crippen LogP contribution in [-0.4, -0.2) is 53.3 Å². The number of carbonyl (C=O) groups is 1. The molecule has 1 aliphatic heterocycles. The van der Waals surface area contributed by atoms with Crippen molar-refractivity contribution in [2.24, 2.45) is 0 Å². The molecule has 1 N–H and O–H groups in total. The molecular formula is C27H33N5O2S. The lowest BCUT2D eigenvalue weighted by molar-refractivity contribution is -0.140. The fourth-order valence-corrected chi connectivity index (χ4v) is 5.20. The van der Waals surface area contributed by atoms with E-state index in [-0.39, 0.29) is 18.1 Å². The molecule has 8 heteroatoms. The van der Waals surface area contributed by atoms with Crippen LogP contribution >= 0.6 is 12.2 Å². The number of aromatic nitrogens is 2. The Morgan fingerprint density at radius 1 is 1.17 bits per heavy atom. The first-order chi connectivity index (χ1) is 16.8. The van der Waals surface area contributed by atoms with Gasteiger partial charge in [-0.3, -0.25) is 9.78 Å². The Labute approximate surface area is 212 Å². The molecule has 7 nitrogen and oxygen atoms in total. The lowest BCUT2D eigenvalue weighted by atomic mass is 9.96. The summed E-state index contributed by atoms with van der Waals surface area (Å²) in [5, 5.41) is 4.18. The maximum absolute atomic E-state index is 11.7. The summed E-state index contributed by atoms with van der Waals surface area (Å²) >= 11 is 5.78. The smallest absolute Gasteiger partial charge is 0.305 e. The summed E-state index contributed by atoms with van der Waals surface area (Å²) in [6.07, 6.45) is 2.82. The third-order valence-electron chi connectivity index (χ3n) is 6.62. The Kier molecular flexibility index (Phi) is 7.40. The lowest BCUT2D eigenvalue weighted by Crippen LogP contribution is -2.31. The number of rotatable bonds is 8. The molecule has 2 aromatic heterocycles. The first-order valence-electron chi connectivity index (χ1n) is 11.8. The van der Waals surface area contributed by atoms with Gasteiger partial charge in [-0.05, 0) is 80.5 Å². The largest absolute Gasteiger partial charge is 0.469 e. The monoisotopic (exact) mass is 491 g/mol. The molecule has 2 atom stereocenters. The molecule has 4 rings (SSSR count). The first kappa shape index (κ1) is 24.7. The Hall–Kier alpha value is -3.39. The molecule has 0 unspecified atom stereocenters. The lowest BCUT2D eigenvalue weighted by Gasteiger charge is -2.28. The standard InChI is InChI=1S/C27H33N5O2S/c1-18-17-22(19(2)32(18)21-13-11-20(12-14-21)30(3)4)26-25(23-9-6-7-15-28-23)29-27(35)31(26)16-8-10-24(33)34-5/h6-7,9,11-15,17,25-26H,8,10,16H2,1-5H3,(H,29,35)/t25-,26-/m1/s1. The minimum absolute atomic E-state index is 0.0453. The van der Waals surface area contributed by atoms with Crippen LogP contribution in [0.4, 0.5) is 5.69 Å². The molecule has 0 radical (unpaired) electrons. The Morgan fingerprint density at radius 2 is 1.91 bits per heavy atom. The van der Waals surface area contributed by atoms with Gasteiger partial charge in [0.1, 0.15) is 0 Å². The van der Waals surface area contributed by atoms with E-state index in [0.29, 0.717) is 24.5 Å². The van der Waals surface area contributed by atoms with E-state index in [9.17, 15) is 4.79 Å². The Bertz CT molecular complexity index is 1190. The molecule has 3 heterocycles. The van der Waals surface area contributed by atoms with Crippen molar-refractivity contribution in [1.82, 2.24) is 19.8 Å². The van der Waals surface area contributed by atoms with Gasteiger partial charge >= 0.3 is 5.97 Å². The maximum Gasteiger partial charge on any atom is 0.305 e. The zero-order valence-corrected chi connectivity index (χ0v) is 21.8. The highest BCUT2D eigenvalue weighted by Gasteiger charge is 2.41. The maximum atomic E-state index is 11.7. The van der Waals surface area contributed by atoms with E-state index in [2.05, 4.69) is 68.8 Å². The van der Waals surface area contributed by atoms with Gasteiger partial charge in [-0.2, -0.15) is 0 Å². The molecule has 1 saturated heterocycles. The number of thiocarbonyl (C=S) groups is 1. The van der Waals surface area contributed by atoms with Crippen LogP contribution in [0.5, 0.6) is 0 Å². The van der Waals surface area contributed by atoms with Crippen LogP contribution in [0.1, 0.15) is 47.6 Å². The summed E-state index contributed by atoms with van der Waals surface area (Å²) in [7, 11) is 5.51. The normalized spacial score (nSPS) is 17.4. The van der Waals surface area contributed by atoms with E-state index in [0.717, 1.165) is 28.5 Å². The molecule has 0 spiro atoms. The number of nitrogens with one attached hydrogen (secondary N) is 1. The van der Waals surface area contributed by atoms with Gasteiger partial charge in [0.2, 0.25) is 0 Å². The number of hydrogen-bond donors (Lipinski definition) is 1. The molecule has 1 aromatic carbocycles. The predicted molar refractivity (Wildman–Crippen MR) is 143 cm³/mol. The molecule has 0 bridgehead atoms. The second kappa shape index (κ2) is 10.5. The summed E-state index contributed by atoms with van der Waals surface area (Å²) in [4.78, 5) is 20.6. The third-order valence-corrected chi connectivity index (χ3v) is 6.97. The van der Waals surface area contributed by atoms with Crippen molar-refractivity contribution in [2.75, 3.05) is 32.6 Å². The van der Waals surface area contributed by atoms with E-state index >= 15 is 0 Å². The number of carbonyl (C=O) groups excluding carboxylic acids is 1. The minimum Gasteiger partial charge on any atom is -0.469 e. The first-order valence-corrected chi connectivity index (χ1v) is 12.2. The van der Waals surface area contributed by atoms with Crippen LogP contribution in [0.2, 0.25) is 0 Å². The van der Waals surface area contributed by atoms with Gasteiger partial charge in [-0.1, -0.05) is 6.07 Å². The summed E-state index contributed by atoms with van der Waals surface area (Å²) in [5.41, 5.74) is 6.74. The van der Waals surface area contributed by atoms with Gasteiger partial charge in [0.05, 0.1) is 24.9 Å².